The van der Waals surface area contributed by atoms with Crippen LogP contribution in [0, 0.1) is 0 Å². The molecule has 0 aromatic heterocycles. The molecule has 0 rings (SSSR count). The molecule has 1 N–H and O–H groups in total. The number of carbonyl (C=O) groups is 1. The predicted octanol–water partition coefficient (Wildman–Crippen LogP) is 1.64. The monoisotopic (exact) mass is 153 g/mol. The van der Waals surface area contributed by atoms with Crippen molar-refractivity contribution in [2.24, 2.45) is 0 Å². The average molecular weight is 153 g/mol. The Morgan fingerprint density at radius 1 is 1.18 bits per heavy atom. The molecule has 0 aliphatic heterocycles. The van der Waals surface area contributed by atoms with E-state index in [1.807, 2.05) is 19.9 Å². The van der Waals surface area contributed by atoms with Crippen LogP contribution in [-0.2, 0) is 4.79 Å². The number of allylic oxidation sites excluding steroid dienone is 4. The Labute approximate surface area is 68.0 Å². The van der Waals surface area contributed by atoms with E-state index < -0.39 is 0 Å². The van der Waals surface area contributed by atoms with Crippen molar-refractivity contribution in [2.45, 2.75) is 20.8 Å². The van der Waals surface area contributed by atoms with Crippen LogP contribution in [0.25, 0.3) is 0 Å². The number of hydrogen-bond donors (Lipinski definition) is 1. The van der Waals surface area contributed by atoms with Gasteiger partial charge in [0.1, 0.15) is 0 Å². The van der Waals surface area contributed by atoms with Crippen molar-refractivity contribution in [1.29, 1.82) is 0 Å². The molecule has 11 heavy (non-hydrogen) atoms. The third-order valence-corrected chi connectivity index (χ3v) is 1.23. The van der Waals surface area contributed by atoms with Crippen molar-refractivity contribution in [3.63, 3.8) is 0 Å². The summed E-state index contributed by atoms with van der Waals surface area (Å²) in [6, 6.07) is 0. The maximum atomic E-state index is 10.8. The SMILES string of the molecule is CN/C(=C/C=C(C)C)C(C)=O. The van der Waals surface area contributed by atoms with Gasteiger partial charge in [0.25, 0.3) is 0 Å². The van der Waals surface area contributed by atoms with Gasteiger partial charge in [-0.1, -0.05) is 11.6 Å². The Morgan fingerprint density at radius 2 is 1.73 bits per heavy atom. The molecule has 2 nitrogen and oxygen atoms in total. The van der Waals surface area contributed by atoms with E-state index in [0.29, 0.717) is 5.70 Å². The molecule has 0 saturated heterocycles. The van der Waals surface area contributed by atoms with Crippen LogP contribution in [0.2, 0.25) is 0 Å². The van der Waals surface area contributed by atoms with Crippen LogP contribution in [-0.4, -0.2) is 12.8 Å². The Bertz CT molecular complexity index is 198. The van der Waals surface area contributed by atoms with Crippen LogP contribution in [0.15, 0.2) is 23.4 Å². The number of carbonyl (C=O) groups excluding carboxylic acids is 1. The van der Waals surface area contributed by atoms with Crippen LogP contribution in [0.4, 0.5) is 0 Å². The average Bonchev–Trinajstić information content (AvgIpc) is 1.87. The minimum atomic E-state index is 0.0602. The minimum Gasteiger partial charge on any atom is -0.385 e. The number of nitrogens with one attached hydrogen (secondary N) is 1. The van der Waals surface area contributed by atoms with Crippen LogP contribution in [0.1, 0.15) is 20.8 Å². The van der Waals surface area contributed by atoms with Crippen molar-refractivity contribution in [3.8, 4) is 0 Å². The van der Waals surface area contributed by atoms with E-state index in [9.17, 15) is 4.79 Å². The number of Topliss-reactive ketones (excluding diaryl/α,β-unsaturated/α-hetero) is 1. The van der Waals surface area contributed by atoms with Gasteiger partial charge in [-0.15, -0.1) is 0 Å². The maximum Gasteiger partial charge on any atom is 0.175 e. The smallest absolute Gasteiger partial charge is 0.175 e. The lowest BCUT2D eigenvalue weighted by molar-refractivity contribution is -0.113. The second kappa shape index (κ2) is 4.72. The summed E-state index contributed by atoms with van der Waals surface area (Å²) in [5.41, 5.74) is 1.82. The largest absolute Gasteiger partial charge is 0.385 e. The predicted molar refractivity (Wildman–Crippen MR) is 47.3 cm³/mol. The zero-order chi connectivity index (χ0) is 8.85. The van der Waals surface area contributed by atoms with Gasteiger partial charge in [-0.3, -0.25) is 4.79 Å². The summed E-state index contributed by atoms with van der Waals surface area (Å²) < 4.78 is 0. The van der Waals surface area contributed by atoms with E-state index in [0.717, 1.165) is 0 Å². The molecule has 0 aliphatic rings. The molecule has 2 heteroatoms. The lowest BCUT2D eigenvalue weighted by Crippen LogP contribution is -2.12. The lowest BCUT2D eigenvalue weighted by Gasteiger charge is -1.98. The van der Waals surface area contributed by atoms with Crippen molar-refractivity contribution in [1.82, 2.24) is 5.32 Å². The van der Waals surface area contributed by atoms with Crippen LogP contribution >= 0.6 is 0 Å². The maximum absolute atomic E-state index is 10.8. The topological polar surface area (TPSA) is 29.1 Å². The van der Waals surface area contributed by atoms with E-state index in [4.69, 9.17) is 0 Å². The normalized spacial score (nSPS) is 10.7. The molecule has 0 aromatic rings. The van der Waals surface area contributed by atoms with Gasteiger partial charge in [-0.05, 0) is 19.9 Å². The highest BCUT2D eigenvalue weighted by atomic mass is 16.1. The standard InChI is InChI=1S/C9H15NO/c1-7(2)5-6-9(10-4)8(3)11/h5-6,10H,1-4H3/b9-6+. The molecular formula is C9H15NO. The molecule has 0 fully saturated rings. The molecule has 0 amide bonds. The molecule has 0 heterocycles. The molecule has 0 aliphatic carbocycles. The number of likely N-dealkylation sites (N-methyl/N-ethyl adjacent to an activating group) is 1. The van der Waals surface area contributed by atoms with Crippen LogP contribution in [0.5, 0.6) is 0 Å². The Kier molecular flexibility index (Phi) is 4.27. The third-order valence-electron chi connectivity index (χ3n) is 1.23. The summed E-state index contributed by atoms with van der Waals surface area (Å²) in [7, 11) is 1.74. The van der Waals surface area contributed by atoms with Crippen molar-refractivity contribution >= 4 is 5.78 Å². The first-order valence-corrected chi connectivity index (χ1v) is 3.61. The van der Waals surface area contributed by atoms with E-state index >= 15 is 0 Å². The Balaban J connectivity index is 4.37. The molecule has 0 unspecified atom stereocenters. The zero-order valence-electron chi connectivity index (χ0n) is 7.56. The number of rotatable bonds is 3. The van der Waals surface area contributed by atoms with Gasteiger partial charge in [0.05, 0.1) is 5.70 Å². The fraction of sp³-hybridized carbons (Fsp3) is 0.444. The van der Waals surface area contributed by atoms with E-state index in [1.165, 1.54) is 5.57 Å². The summed E-state index contributed by atoms with van der Waals surface area (Å²) in [6.07, 6.45) is 3.70. The zero-order valence-corrected chi connectivity index (χ0v) is 7.56. The molecule has 0 radical (unpaired) electrons. The quantitative estimate of drug-likeness (QED) is 0.493. The molecular weight excluding hydrogens is 138 g/mol. The minimum absolute atomic E-state index is 0.0602. The second-order valence-corrected chi connectivity index (χ2v) is 2.63. The lowest BCUT2D eigenvalue weighted by atomic mass is 10.2. The van der Waals surface area contributed by atoms with Crippen molar-refractivity contribution in [2.75, 3.05) is 7.05 Å². The number of hydrogen-bond acceptors (Lipinski definition) is 2. The van der Waals surface area contributed by atoms with Crippen molar-refractivity contribution < 1.29 is 4.79 Å². The summed E-state index contributed by atoms with van der Waals surface area (Å²) >= 11 is 0. The fourth-order valence-corrected chi connectivity index (χ4v) is 0.627. The first-order valence-electron chi connectivity index (χ1n) is 3.61. The van der Waals surface area contributed by atoms with Gasteiger partial charge in [-0.25, -0.2) is 0 Å². The first kappa shape index (κ1) is 9.95. The molecule has 0 spiro atoms. The highest BCUT2D eigenvalue weighted by molar-refractivity contribution is 5.92. The summed E-state index contributed by atoms with van der Waals surface area (Å²) in [5.74, 6) is 0.0602. The van der Waals surface area contributed by atoms with E-state index in [2.05, 4.69) is 5.32 Å². The molecule has 62 valence electrons. The van der Waals surface area contributed by atoms with E-state index in [-0.39, 0.29) is 5.78 Å². The van der Waals surface area contributed by atoms with Crippen molar-refractivity contribution in [3.05, 3.63) is 23.4 Å². The van der Waals surface area contributed by atoms with E-state index in [1.54, 1.807) is 20.0 Å². The van der Waals surface area contributed by atoms with Gasteiger partial charge in [0, 0.05) is 14.0 Å². The van der Waals surface area contributed by atoms with Crippen LogP contribution < -0.4 is 5.32 Å². The van der Waals surface area contributed by atoms with Gasteiger partial charge >= 0.3 is 0 Å². The second-order valence-electron chi connectivity index (χ2n) is 2.63. The highest BCUT2D eigenvalue weighted by Crippen LogP contribution is 1.94. The molecule has 0 bridgehead atoms. The molecule has 0 aromatic carbocycles. The first-order chi connectivity index (χ1) is 5.07. The van der Waals surface area contributed by atoms with Crippen LogP contribution in [0.3, 0.4) is 0 Å². The van der Waals surface area contributed by atoms with Gasteiger partial charge in [-0.2, -0.15) is 0 Å². The van der Waals surface area contributed by atoms with Gasteiger partial charge in [0.2, 0.25) is 0 Å². The Hall–Kier alpha value is -1.05. The fourth-order valence-electron chi connectivity index (χ4n) is 0.627. The van der Waals surface area contributed by atoms with Gasteiger partial charge in [0.15, 0.2) is 5.78 Å². The van der Waals surface area contributed by atoms with Gasteiger partial charge < -0.3 is 5.32 Å². The molecule has 0 saturated carbocycles. The highest BCUT2D eigenvalue weighted by Gasteiger charge is 1.96. The number of ketones is 1. The Morgan fingerprint density at radius 3 is 2.00 bits per heavy atom. The third kappa shape index (κ3) is 4.37. The summed E-state index contributed by atoms with van der Waals surface area (Å²) in [4.78, 5) is 10.8. The summed E-state index contributed by atoms with van der Waals surface area (Å²) in [6.45, 7) is 5.52. The summed E-state index contributed by atoms with van der Waals surface area (Å²) in [5, 5.41) is 2.82. The molecule has 0 atom stereocenters.